The van der Waals surface area contributed by atoms with Crippen molar-refractivity contribution in [2.24, 2.45) is 5.92 Å². The number of fused-ring (bicyclic) bond motifs is 4. The first-order valence-corrected chi connectivity index (χ1v) is 7.56. The van der Waals surface area contributed by atoms with Crippen LogP contribution in [0.2, 0.25) is 0 Å². The van der Waals surface area contributed by atoms with Gasteiger partial charge in [-0.2, -0.15) is 0 Å². The SMILES string of the molecule is O[C@@H]1c2cnccc2C[C@H]1C1c2ccccc2-c2cncn21. The normalized spacial score (nSPS) is 24.9. The van der Waals surface area contributed by atoms with E-state index < -0.39 is 6.10 Å². The van der Waals surface area contributed by atoms with Gasteiger partial charge in [0.05, 0.1) is 30.4 Å². The van der Waals surface area contributed by atoms with E-state index in [1.807, 2.05) is 18.6 Å². The zero-order valence-electron chi connectivity index (χ0n) is 11.9. The number of imidazole rings is 1. The third kappa shape index (κ3) is 1.45. The molecule has 1 unspecified atom stereocenters. The van der Waals surface area contributed by atoms with Crippen LogP contribution in [0.5, 0.6) is 0 Å². The largest absolute Gasteiger partial charge is 0.388 e. The van der Waals surface area contributed by atoms with Crippen molar-refractivity contribution in [3.05, 3.63) is 71.9 Å². The lowest BCUT2D eigenvalue weighted by Crippen LogP contribution is -2.21. The molecule has 2 aliphatic rings. The predicted octanol–water partition coefficient (Wildman–Crippen LogP) is 2.75. The second-order valence-electron chi connectivity index (χ2n) is 6.11. The Morgan fingerprint density at radius 3 is 2.86 bits per heavy atom. The van der Waals surface area contributed by atoms with Crippen molar-refractivity contribution in [1.82, 2.24) is 14.5 Å². The zero-order chi connectivity index (χ0) is 14.7. The lowest BCUT2D eigenvalue weighted by Gasteiger charge is -2.25. The van der Waals surface area contributed by atoms with Gasteiger partial charge >= 0.3 is 0 Å². The third-order valence-electron chi connectivity index (χ3n) is 5.05. The van der Waals surface area contributed by atoms with Crippen molar-refractivity contribution in [2.75, 3.05) is 0 Å². The van der Waals surface area contributed by atoms with Gasteiger partial charge in [-0.05, 0) is 23.6 Å². The fourth-order valence-electron chi connectivity index (χ4n) is 4.08. The minimum Gasteiger partial charge on any atom is -0.388 e. The second kappa shape index (κ2) is 4.27. The highest BCUT2D eigenvalue weighted by atomic mass is 16.3. The summed E-state index contributed by atoms with van der Waals surface area (Å²) in [6.45, 7) is 0. The van der Waals surface area contributed by atoms with E-state index in [1.54, 1.807) is 12.4 Å². The highest BCUT2D eigenvalue weighted by Crippen LogP contribution is 2.50. The first kappa shape index (κ1) is 12.1. The molecule has 0 saturated heterocycles. The van der Waals surface area contributed by atoms with Crippen LogP contribution in [-0.4, -0.2) is 19.6 Å². The molecule has 3 heterocycles. The summed E-state index contributed by atoms with van der Waals surface area (Å²) in [5.74, 6) is 0.121. The summed E-state index contributed by atoms with van der Waals surface area (Å²) in [6.07, 6.45) is 7.79. The number of hydrogen-bond acceptors (Lipinski definition) is 3. The van der Waals surface area contributed by atoms with Crippen LogP contribution in [0.1, 0.15) is 28.8 Å². The van der Waals surface area contributed by atoms with Crippen LogP contribution in [0.15, 0.2) is 55.2 Å². The molecule has 4 heteroatoms. The van der Waals surface area contributed by atoms with E-state index in [0.717, 1.165) is 17.7 Å². The van der Waals surface area contributed by atoms with Gasteiger partial charge in [-0.1, -0.05) is 24.3 Å². The van der Waals surface area contributed by atoms with E-state index in [4.69, 9.17) is 0 Å². The van der Waals surface area contributed by atoms with Crippen LogP contribution < -0.4 is 0 Å². The van der Waals surface area contributed by atoms with E-state index >= 15 is 0 Å². The van der Waals surface area contributed by atoms with Crippen molar-refractivity contribution >= 4 is 0 Å². The average Bonchev–Trinajstić information content (AvgIpc) is 3.21. The van der Waals surface area contributed by atoms with Crippen LogP contribution >= 0.6 is 0 Å². The van der Waals surface area contributed by atoms with Crippen LogP contribution in [-0.2, 0) is 6.42 Å². The Balaban J connectivity index is 1.66. The molecular formula is C18H15N3O. The minimum atomic E-state index is -0.477. The number of aliphatic hydroxyl groups excluding tert-OH is 1. The molecule has 108 valence electrons. The summed E-state index contributed by atoms with van der Waals surface area (Å²) < 4.78 is 2.21. The molecule has 0 amide bonds. The number of hydrogen-bond donors (Lipinski definition) is 1. The van der Waals surface area contributed by atoms with Crippen molar-refractivity contribution in [3.8, 4) is 11.3 Å². The van der Waals surface area contributed by atoms with Gasteiger partial charge in [0.1, 0.15) is 0 Å². The predicted molar refractivity (Wildman–Crippen MR) is 82.2 cm³/mol. The molecule has 1 aromatic carbocycles. The van der Waals surface area contributed by atoms with Gasteiger partial charge in [0, 0.05) is 29.4 Å². The summed E-state index contributed by atoms with van der Waals surface area (Å²) in [5.41, 5.74) is 5.83. The summed E-state index contributed by atoms with van der Waals surface area (Å²) in [4.78, 5) is 8.47. The first-order chi connectivity index (χ1) is 10.8. The Labute approximate surface area is 128 Å². The maximum atomic E-state index is 10.8. The van der Waals surface area contributed by atoms with Gasteiger partial charge in [-0.15, -0.1) is 0 Å². The Hall–Kier alpha value is -2.46. The van der Waals surface area contributed by atoms with Crippen molar-refractivity contribution < 1.29 is 5.11 Å². The molecular weight excluding hydrogens is 274 g/mol. The smallest absolute Gasteiger partial charge is 0.0956 e. The van der Waals surface area contributed by atoms with Gasteiger partial charge in [0.15, 0.2) is 0 Å². The summed E-state index contributed by atoms with van der Waals surface area (Å²) >= 11 is 0. The van der Waals surface area contributed by atoms with E-state index in [9.17, 15) is 5.11 Å². The van der Waals surface area contributed by atoms with E-state index in [-0.39, 0.29) is 12.0 Å². The molecule has 5 rings (SSSR count). The molecule has 0 radical (unpaired) electrons. The molecule has 1 aliphatic heterocycles. The van der Waals surface area contributed by atoms with Crippen molar-refractivity contribution in [1.29, 1.82) is 0 Å². The molecule has 0 spiro atoms. The van der Waals surface area contributed by atoms with Gasteiger partial charge in [-0.25, -0.2) is 4.98 Å². The first-order valence-electron chi connectivity index (χ1n) is 7.56. The standard InChI is InChI=1S/C18H15N3O/c22-18-14(7-11-5-6-19-8-15(11)18)17-13-4-2-1-3-12(13)16-9-20-10-21(16)17/h1-6,8-10,14,17-18,22H,7H2/t14-,17?,18-/m0/s1. The molecule has 1 N–H and O–H groups in total. The van der Waals surface area contributed by atoms with Crippen LogP contribution in [0.3, 0.4) is 0 Å². The monoisotopic (exact) mass is 289 g/mol. The Bertz CT molecular complexity index is 870. The molecule has 0 saturated carbocycles. The maximum Gasteiger partial charge on any atom is 0.0956 e. The molecule has 0 bridgehead atoms. The summed E-state index contributed by atoms with van der Waals surface area (Å²) in [5, 5.41) is 10.8. The van der Waals surface area contributed by atoms with E-state index in [1.165, 1.54) is 16.7 Å². The fourth-order valence-corrected chi connectivity index (χ4v) is 4.08. The minimum absolute atomic E-state index is 0.121. The second-order valence-corrected chi connectivity index (χ2v) is 6.11. The topological polar surface area (TPSA) is 50.9 Å². The number of nitrogens with zero attached hydrogens (tertiary/aromatic N) is 3. The van der Waals surface area contributed by atoms with Crippen molar-refractivity contribution in [3.63, 3.8) is 0 Å². The molecule has 2 aromatic heterocycles. The molecule has 0 fully saturated rings. The quantitative estimate of drug-likeness (QED) is 0.749. The number of aliphatic hydroxyl groups is 1. The fraction of sp³-hybridized carbons (Fsp3) is 0.222. The third-order valence-corrected chi connectivity index (χ3v) is 5.05. The molecule has 3 atom stereocenters. The highest BCUT2D eigenvalue weighted by Gasteiger charge is 2.42. The van der Waals surface area contributed by atoms with Gasteiger partial charge in [0.2, 0.25) is 0 Å². The maximum absolute atomic E-state index is 10.8. The summed E-state index contributed by atoms with van der Waals surface area (Å²) in [6, 6.07) is 10.6. The highest BCUT2D eigenvalue weighted by molar-refractivity contribution is 5.69. The zero-order valence-corrected chi connectivity index (χ0v) is 11.9. The molecule has 22 heavy (non-hydrogen) atoms. The van der Waals surface area contributed by atoms with Gasteiger partial charge in [0.25, 0.3) is 0 Å². The molecule has 1 aliphatic carbocycles. The lowest BCUT2D eigenvalue weighted by molar-refractivity contribution is 0.101. The van der Waals surface area contributed by atoms with Crippen LogP contribution in [0, 0.1) is 5.92 Å². The van der Waals surface area contributed by atoms with E-state index in [0.29, 0.717) is 0 Å². The van der Waals surface area contributed by atoms with Gasteiger partial charge in [-0.3, -0.25) is 4.98 Å². The lowest BCUT2D eigenvalue weighted by atomic mass is 9.88. The van der Waals surface area contributed by atoms with Crippen LogP contribution in [0.4, 0.5) is 0 Å². The molecule has 3 aromatic rings. The Morgan fingerprint density at radius 2 is 1.95 bits per heavy atom. The van der Waals surface area contributed by atoms with E-state index in [2.05, 4.69) is 38.8 Å². The number of benzene rings is 1. The number of aromatic nitrogens is 3. The number of rotatable bonds is 1. The Morgan fingerprint density at radius 1 is 1.05 bits per heavy atom. The molecule has 4 nitrogen and oxygen atoms in total. The summed E-state index contributed by atoms with van der Waals surface area (Å²) in [7, 11) is 0. The van der Waals surface area contributed by atoms with Gasteiger partial charge < -0.3 is 9.67 Å². The van der Waals surface area contributed by atoms with Crippen LogP contribution in [0.25, 0.3) is 11.3 Å². The number of pyridine rings is 1. The Kier molecular flexibility index (Phi) is 2.35. The van der Waals surface area contributed by atoms with Crippen molar-refractivity contribution in [2.45, 2.75) is 18.6 Å². The average molecular weight is 289 g/mol.